The second-order valence-electron chi connectivity index (χ2n) is 5.76. The summed E-state index contributed by atoms with van der Waals surface area (Å²) >= 11 is 0. The first-order chi connectivity index (χ1) is 13.0. The highest BCUT2D eigenvalue weighted by atomic mass is 16.5. The predicted molar refractivity (Wildman–Crippen MR) is 98.6 cm³/mol. The number of benzene rings is 2. The Morgan fingerprint density at radius 1 is 0.926 bits per heavy atom. The van der Waals surface area contributed by atoms with E-state index in [1.807, 2.05) is 0 Å². The minimum atomic E-state index is -0.241. The largest absolute Gasteiger partial charge is 0.504 e. The van der Waals surface area contributed by atoms with Crippen LogP contribution in [0.25, 0.3) is 6.08 Å². The Balaban J connectivity index is 2.00. The average molecular weight is 372 g/mol. The molecule has 7 heteroatoms. The van der Waals surface area contributed by atoms with Gasteiger partial charge in [-0.25, -0.2) is 0 Å². The van der Waals surface area contributed by atoms with Crippen molar-refractivity contribution in [3.05, 3.63) is 41.0 Å². The van der Waals surface area contributed by atoms with Crippen molar-refractivity contribution in [2.75, 3.05) is 35.0 Å². The molecule has 0 unspecified atom stereocenters. The standard InChI is InChI=1S/C20H20O7/c1-23-16-9-15-11(6-14(16)21)5-13(10-27-15)19(22)12-7-17(24-2)20(26-4)18(8-12)25-3/h5-9,21H,10H2,1-4H3. The first kappa shape index (κ1) is 18.4. The van der Waals surface area contributed by atoms with Crippen molar-refractivity contribution in [3.8, 4) is 34.5 Å². The normalized spacial score (nSPS) is 12.4. The second-order valence-corrected chi connectivity index (χ2v) is 5.76. The number of rotatable bonds is 6. The van der Waals surface area contributed by atoms with Crippen LogP contribution in [0.5, 0.6) is 34.5 Å². The van der Waals surface area contributed by atoms with E-state index in [1.165, 1.54) is 34.5 Å². The van der Waals surface area contributed by atoms with Crippen molar-refractivity contribution in [3.63, 3.8) is 0 Å². The van der Waals surface area contributed by atoms with Gasteiger partial charge in [0.25, 0.3) is 0 Å². The number of phenolic OH excluding ortho intramolecular Hbond substituents is 1. The number of ketones is 1. The minimum absolute atomic E-state index is 0.0300. The minimum Gasteiger partial charge on any atom is -0.504 e. The van der Waals surface area contributed by atoms with Gasteiger partial charge in [0.2, 0.25) is 5.75 Å². The zero-order chi connectivity index (χ0) is 19.6. The fraction of sp³-hybridized carbons (Fsp3) is 0.250. The molecule has 27 heavy (non-hydrogen) atoms. The zero-order valence-electron chi connectivity index (χ0n) is 15.5. The van der Waals surface area contributed by atoms with Crippen LogP contribution in [-0.2, 0) is 0 Å². The fourth-order valence-corrected chi connectivity index (χ4v) is 2.88. The molecule has 2 aromatic carbocycles. The van der Waals surface area contributed by atoms with E-state index in [4.69, 9.17) is 23.7 Å². The predicted octanol–water partition coefficient (Wildman–Crippen LogP) is 3.09. The summed E-state index contributed by atoms with van der Waals surface area (Å²) in [6, 6.07) is 6.26. The highest BCUT2D eigenvalue weighted by Gasteiger charge is 2.23. The van der Waals surface area contributed by atoms with Gasteiger partial charge in [0, 0.05) is 22.8 Å². The summed E-state index contributed by atoms with van der Waals surface area (Å²) in [5, 5.41) is 9.96. The Kier molecular flexibility index (Phi) is 5.12. The van der Waals surface area contributed by atoms with Crippen molar-refractivity contribution in [1.82, 2.24) is 0 Å². The summed E-state index contributed by atoms with van der Waals surface area (Å²) in [4.78, 5) is 13.0. The van der Waals surface area contributed by atoms with Gasteiger partial charge in [0.05, 0.1) is 28.4 Å². The van der Waals surface area contributed by atoms with E-state index in [1.54, 1.807) is 24.3 Å². The fourth-order valence-electron chi connectivity index (χ4n) is 2.88. The Labute approximate surface area is 156 Å². The lowest BCUT2D eigenvalue weighted by Crippen LogP contribution is -2.15. The molecule has 1 heterocycles. The van der Waals surface area contributed by atoms with Crippen LogP contribution in [0.1, 0.15) is 15.9 Å². The van der Waals surface area contributed by atoms with Crippen LogP contribution in [0.4, 0.5) is 0 Å². The molecule has 0 saturated carbocycles. The van der Waals surface area contributed by atoms with Crippen molar-refractivity contribution >= 4 is 11.9 Å². The molecule has 0 atom stereocenters. The topological polar surface area (TPSA) is 83.5 Å². The molecule has 142 valence electrons. The third-order valence-corrected chi connectivity index (χ3v) is 4.24. The van der Waals surface area contributed by atoms with Crippen molar-refractivity contribution in [2.45, 2.75) is 0 Å². The van der Waals surface area contributed by atoms with Gasteiger partial charge in [-0.05, 0) is 24.3 Å². The third-order valence-electron chi connectivity index (χ3n) is 4.24. The maximum Gasteiger partial charge on any atom is 0.203 e. The van der Waals surface area contributed by atoms with Crippen LogP contribution in [0, 0.1) is 0 Å². The van der Waals surface area contributed by atoms with Gasteiger partial charge in [0.15, 0.2) is 28.8 Å². The molecular formula is C20H20O7. The molecule has 7 nitrogen and oxygen atoms in total. The molecule has 0 aromatic heterocycles. The number of carbonyl (C=O) groups is 1. The van der Waals surface area contributed by atoms with Gasteiger partial charge < -0.3 is 28.8 Å². The SMILES string of the molecule is COc1cc2c(cc1O)C=C(C(=O)c1cc(OC)c(OC)c(OC)c1)CO2. The van der Waals surface area contributed by atoms with Gasteiger partial charge in [-0.3, -0.25) is 4.79 Å². The molecule has 0 spiro atoms. The molecule has 0 aliphatic carbocycles. The molecule has 0 fully saturated rings. The highest BCUT2D eigenvalue weighted by molar-refractivity contribution is 6.12. The Hall–Kier alpha value is -3.35. The summed E-state index contributed by atoms with van der Waals surface area (Å²) in [6.45, 7) is 0.0937. The zero-order valence-corrected chi connectivity index (χ0v) is 15.5. The number of hydrogen-bond acceptors (Lipinski definition) is 7. The van der Waals surface area contributed by atoms with Gasteiger partial charge in [-0.2, -0.15) is 0 Å². The monoisotopic (exact) mass is 372 g/mol. The van der Waals surface area contributed by atoms with E-state index in [0.29, 0.717) is 45.4 Å². The number of hydrogen-bond donors (Lipinski definition) is 1. The second kappa shape index (κ2) is 7.49. The quantitative estimate of drug-likeness (QED) is 0.780. The maximum atomic E-state index is 13.0. The number of aromatic hydroxyl groups is 1. The Morgan fingerprint density at radius 3 is 2.11 bits per heavy atom. The molecule has 0 radical (unpaired) electrons. The lowest BCUT2D eigenvalue weighted by Gasteiger charge is -2.19. The summed E-state index contributed by atoms with van der Waals surface area (Å²) < 4.78 is 26.6. The van der Waals surface area contributed by atoms with Crippen LogP contribution in [0.3, 0.4) is 0 Å². The van der Waals surface area contributed by atoms with E-state index in [-0.39, 0.29) is 18.1 Å². The van der Waals surface area contributed by atoms with Gasteiger partial charge in [0.1, 0.15) is 12.4 Å². The van der Waals surface area contributed by atoms with Crippen LogP contribution in [-0.4, -0.2) is 45.9 Å². The lowest BCUT2D eigenvalue weighted by molar-refractivity contribution is 0.102. The van der Waals surface area contributed by atoms with Crippen molar-refractivity contribution in [1.29, 1.82) is 0 Å². The van der Waals surface area contributed by atoms with Gasteiger partial charge in [-0.15, -0.1) is 0 Å². The lowest BCUT2D eigenvalue weighted by atomic mass is 9.98. The van der Waals surface area contributed by atoms with Crippen molar-refractivity contribution in [2.24, 2.45) is 0 Å². The summed E-state index contributed by atoms with van der Waals surface area (Å²) in [5.74, 6) is 1.76. The first-order valence-electron chi connectivity index (χ1n) is 8.11. The molecule has 3 rings (SSSR count). The highest BCUT2D eigenvalue weighted by Crippen LogP contribution is 2.40. The molecule has 1 aliphatic rings. The van der Waals surface area contributed by atoms with Gasteiger partial charge in [-0.1, -0.05) is 0 Å². The van der Waals surface area contributed by atoms with E-state index in [2.05, 4.69) is 0 Å². The Morgan fingerprint density at radius 2 is 1.56 bits per heavy atom. The van der Waals surface area contributed by atoms with Crippen LogP contribution in [0.15, 0.2) is 29.8 Å². The summed E-state index contributed by atoms with van der Waals surface area (Å²) in [6.07, 6.45) is 1.68. The molecular weight excluding hydrogens is 352 g/mol. The van der Waals surface area contributed by atoms with Crippen LogP contribution >= 0.6 is 0 Å². The van der Waals surface area contributed by atoms with Crippen molar-refractivity contribution < 1.29 is 33.6 Å². The van der Waals surface area contributed by atoms with Crippen LogP contribution in [0.2, 0.25) is 0 Å². The number of methoxy groups -OCH3 is 4. The number of phenols is 1. The van der Waals surface area contributed by atoms with E-state index < -0.39 is 0 Å². The molecule has 1 aliphatic heterocycles. The number of ether oxygens (including phenoxy) is 5. The average Bonchev–Trinajstić information content (AvgIpc) is 2.70. The third kappa shape index (κ3) is 3.36. The number of fused-ring (bicyclic) bond motifs is 1. The Bertz CT molecular complexity index is 890. The molecule has 1 N–H and O–H groups in total. The van der Waals surface area contributed by atoms with E-state index in [0.717, 1.165) is 0 Å². The smallest absolute Gasteiger partial charge is 0.203 e. The van der Waals surface area contributed by atoms with Gasteiger partial charge >= 0.3 is 0 Å². The maximum absolute atomic E-state index is 13.0. The number of carbonyl (C=O) groups excluding carboxylic acids is 1. The van der Waals surface area contributed by atoms with E-state index >= 15 is 0 Å². The van der Waals surface area contributed by atoms with Crippen LogP contribution < -0.4 is 23.7 Å². The molecule has 0 saturated heterocycles. The molecule has 2 aromatic rings. The first-order valence-corrected chi connectivity index (χ1v) is 8.11. The molecule has 0 amide bonds. The van der Waals surface area contributed by atoms with E-state index in [9.17, 15) is 9.90 Å². The summed E-state index contributed by atoms with van der Waals surface area (Å²) in [5.41, 5.74) is 1.40. The summed E-state index contributed by atoms with van der Waals surface area (Å²) in [7, 11) is 5.93. The number of Topliss-reactive ketones (excluding diaryl/α,β-unsaturated/α-hetero) is 1. The molecule has 0 bridgehead atoms.